The van der Waals surface area contributed by atoms with Gasteiger partial charge in [-0.2, -0.15) is 0 Å². The molecular formula is C14H12ClNO3. The highest BCUT2D eigenvalue weighted by Gasteiger charge is 2.15. The number of benzene rings is 1. The van der Waals surface area contributed by atoms with Crippen molar-refractivity contribution in [2.45, 2.75) is 13.8 Å². The lowest BCUT2D eigenvalue weighted by atomic mass is 10.1. The van der Waals surface area contributed by atoms with E-state index in [-0.39, 0.29) is 11.4 Å². The first kappa shape index (κ1) is 13.4. The summed E-state index contributed by atoms with van der Waals surface area (Å²) in [5.74, 6) is -0.429. The monoisotopic (exact) mass is 277 g/mol. The van der Waals surface area contributed by atoms with Gasteiger partial charge in [-0.3, -0.25) is 0 Å². The van der Waals surface area contributed by atoms with E-state index in [2.05, 4.69) is 4.98 Å². The second-order valence-corrected chi connectivity index (χ2v) is 4.57. The molecule has 0 aliphatic heterocycles. The van der Waals surface area contributed by atoms with Crippen LogP contribution in [0.2, 0.25) is 5.02 Å². The van der Waals surface area contributed by atoms with E-state index in [1.54, 1.807) is 18.2 Å². The Kier molecular flexibility index (Phi) is 3.71. The highest BCUT2D eigenvalue weighted by atomic mass is 35.5. The van der Waals surface area contributed by atoms with Crippen LogP contribution in [0.4, 0.5) is 0 Å². The number of aromatic nitrogens is 1. The molecule has 0 unspecified atom stereocenters. The Morgan fingerprint density at radius 1 is 1.32 bits per heavy atom. The molecule has 0 spiro atoms. The molecule has 5 heteroatoms. The smallest absolute Gasteiger partial charge is 0.341 e. The quantitative estimate of drug-likeness (QED) is 0.926. The highest BCUT2D eigenvalue weighted by molar-refractivity contribution is 6.30. The first-order valence-electron chi connectivity index (χ1n) is 5.62. The fraction of sp³-hybridized carbons (Fsp3) is 0.143. The van der Waals surface area contributed by atoms with Crippen molar-refractivity contribution in [3.8, 4) is 11.6 Å². The molecule has 0 amide bonds. The molecule has 0 atom stereocenters. The number of halogens is 1. The maximum atomic E-state index is 11.1. The van der Waals surface area contributed by atoms with Gasteiger partial charge >= 0.3 is 5.97 Å². The fourth-order valence-corrected chi connectivity index (χ4v) is 2.12. The summed E-state index contributed by atoms with van der Waals surface area (Å²) < 4.78 is 5.64. The topological polar surface area (TPSA) is 59.4 Å². The second kappa shape index (κ2) is 5.28. The number of pyridine rings is 1. The third-order valence-corrected chi connectivity index (χ3v) is 2.84. The molecule has 19 heavy (non-hydrogen) atoms. The summed E-state index contributed by atoms with van der Waals surface area (Å²) in [6.45, 7) is 3.69. The van der Waals surface area contributed by atoms with Gasteiger partial charge in [-0.25, -0.2) is 9.78 Å². The maximum Gasteiger partial charge on any atom is 0.341 e. The Morgan fingerprint density at radius 2 is 1.95 bits per heavy atom. The van der Waals surface area contributed by atoms with Gasteiger partial charge in [0.1, 0.15) is 11.3 Å². The number of ether oxygens (including phenoxy) is 1. The van der Waals surface area contributed by atoms with Gasteiger partial charge in [0.05, 0.1) is 0 Å². The van der Waals surface area contributed by atoms with Gasteiger partial charge in [0.25, 0.3) is 0 Å². The molecule has 1 heterocycles. The Morgan fingerprint density at radius 3 is 2.53 bits per heavy atom. The zero-order valence-corrected chi connectivity index (χ0v) is 11.2. The number of aryl methyl sites for hydroxylation is 2. The lowest BCUT2D eigenvalue weighted by Gasteiger charge is -2.12. The highest BCUT2D eigenvalue weighted by Crippen LogP contribution is 2.31. The molecule has 98 valence electrons. The van der Waals surface area contributed by atoms with Crippen molar-refractivity contribution >= 4 is 17.6 Å². The van der Waals surface area contributed by atoms with Crippen LogP contribution in [0.3, 0.4) is 0 Å². The summed E-state index contributed by atoms with van der Waals surface area (Å²) in [4.78, 5) is 15.1. The number of hydrogen-bond acceptors (Lipinski definition) is 3. The van der Waals surface area contributed by atoms with E-state index in [0.717, 1.165) is 11.1 Å². The van der Waals surface area contributed by atoms with E-state index in [1.807, 2.05) is 13.8 Å². The van der Waals surface area contributed by atoms with Crippen LogP contribution < -0.4 is 4.74 Å². The maximum absolute atomic E-state index is 11.1. The third kappa shape index (κ3) is 2.85. The summed E-state index contributed by atoms with van der Waals surface area (Å²) >= 11 is 5.94. The molecule has 0 fully saturated rings. The van der Waals surface area contributed by atoms with E-state index in [0.29, 0.717) is 10.8 Å². The number of carboxylic acid groups (broad SMARTS) is 1. The molecule has 0 bridgehead atoms. The Balaban J connectivity index is 2.45. The summed E-state index contributed by atoms with van der Waals surface area (Å²) in [5.41, 5.74) is 1.68. The van der Waals surface area contributed by atoms with Gasteiger partial charge in [-0.1, -0.05) is 11.6 Å². The molecule has 2 rings (SSSR count). The average molecular weight is 278 g/mol. The first-order valence-corrected chi connectivity index (χ1v) is 5.99. The lowest BCUT2D eigenvalue weighted by Crippen LogP contribution is -2.02. The molecule has 0 saturated heterocycles. The Labute approximate surface area is 115 Å². The standard InChI is InChI=1S/C14H12ClNO3/c1-8-6-10(15)7-9(2)12(8)19-13-11(14(17)18)4-3-5-16-13/h3-7H,1-2H3,(H,17,18). The molecule has 4 nitrogen and oxygen atoms in total. The lowest BCUT2D eigenvalue weighted by molar-refractivity contribution is 0.0693. The van der Waals surface area contributed by atoms with Crippen LogP contribution in [0.1, 0.15) is 21.5 Å². The van der Waals surface area contributed by atoms with E-state index in [1.165, 1.54) is 12.3 Å². The summed E-state index contributed by atoms with van der Waals surface area (Å²) in [7, 11) is 0. The molecule has 1 aromatic heterocycles. The Bertz CT molecular complexity index is 617. The van der Waals surface area contributed by atoms with Gasteiger partial charge in [0, 0.05) is 11.2 Å². The van der Waals surface area contributed by atoms with Crippen molar-refractivity contribution in [1.82, 2.24) is 4.98 Å². The zero-order valence-electron chi connectivity index (χ0n) is 10.5. The average Bonchev–Trinajstić information content (AvgIpc) is 2.34. The molecular weight excluding hydrogens is 266 g/mol. The van der Waals surface area contributed by atoms with Gasteiger partial charge in [-0.15, -0.1) is 0 Å². The summed E-state index contributed by atoms with van der Waals surface area (Å²) in [6, 6.07) is 6.52. The number of rotatable bonds is 3. The normalized spacial score (nSPS) is 10.3. The van der Waals surface area contributed by atoms with E-state index >= 15 is 0 Å². The second-order valence-electron chi connectivity index (χ2n) is 4.13. The van der Waals surface area contributed by atoms with E-state index in [4.69, 9.17) is 21.4 Å². The summed E-state index contributed by atoms with van der Waals surface area (Å²) in [6.07, 6.45) is 1.49. The molecule has 2 aromatic rings. The van der Waals surface area contributed by atoms with Crippen molar-refractivity contribution in [3.63, 3.8) is 0 Å². The number of carbonyl (C=O) groups is 1. The largest absolute Gasteiger partial charge is 0.477 e. The molecule has 0 saturated carbocycles. The minimum Gasteiger partial charge on any atom is -0.477 e. The SMILES string of the molecule is Cc1cc(Cl)cc(C)c1Oc1ncccc1C(=O)O. The third-order valence-electron chi connectivity index (χ3n) is 2.63. The van der Waals surface area contributed by atoms with Crippen LogP contribution in [-0.2, 0) is 0 Å². The first-order chi connectivity index (χ1) is 8.99. The number of aromatic carboxylic acids is 1. The van der Waals surface area contributed by atoms with E-state index < -0.39 is 5.97 Å². The van der Waals surface area contributed by atoms with Gasteiger partial charge in [-0.05, 0) is 49.2 Å². The van der Waals surface area contributed by atoms with Crippen LogP contribution in [0, 0.1) is 13.8 Å². The van der Waals surface area contributed by atoms with Crippen molar-refractivity contribution in [2.24, 2.45) is 0 Å². The van der Waals surface area contributed by atoms with Crippen LogP contribution in [-0.4, -0.2) is 16.1 Å². The fourth-order valence-electron chi connectivity index (χ4n) is 1.79. The predicted octanol–water partition coefficient (Wildman–Crippen LogP) is 3.84. The van der Waals surface area contributed by atoms with Crippen molar-refractivity contribution < 1.29 is 14.6 Å². The van der Waals surface area contributed by atoms with Crippen LogP contribution in [0.25, 0.3) is 0 Å². The minimum atomic E-state index is -1.08. The van der Waals surface area contributed by atoms with Gasteiger partial charge in [0.15, 0.2) is 0 Å². The number of carboxylic acids is 1. The molecule has 0 aliphatic rings. The van der Waals surface area contributed by atoms with Crippen molar-refractivity contribution in [2.75, 3.05) is 0 Å². The number of nitrogens with zero attached hydrogens (tertiary/aromatic N) is 1. The molecule has 0 aliphatic carbocycles. The molecule has 1 N–H and O–H groups in total. The van der Waals surface area contributed by atoms with Crippen LogP contribution >= 0.6 is 11.6 Å². The summed E-state index contributed by atoms with van der Waals surface area (Å²) in [5, 5.41) is 9.70. The molecule has 1 aromatic carbocycles. The number of hydrogen-bond donors (Lipinski definition) is 1. The van der Waals surface area contributed by atoms with Gasteiger partial charge < -0.3 is 9.84 Å². The van der Waals surface area contributed by atoms with Crippen LogP contribution in [0.15, 0.2) is 30.5 Å². The van der Waals surface area contributed by atoms with E-state index in [9.17, 15) is 4.79 Å². The van der Waals surface area contributed by atoms with Crippen molar-refractivity contribution in [1.29, 1.82) is 0 Å². The molecule has 0 radical (unpaired) electrons. The van der Waals surface area contributed by atoms with Crippen molar-refractivity contribution in [3.05, 3.63) is 52.2 Å². The predicted molar refractivity (Wildman–Crippen MR) is 72.2 cm³/mol. The zero-order chi connectivity index (χ0) is 14.0. The minimum absolute atomic E-state index is 0.0243. The van der Waals surface area contributed by atoms with Gasteiger partial charge in [0.2, 0.25) is 5.88 Å². The van der Waals surface area contributed by atoms with Crippen LogP contribution in [0.5, 0.6) is 11.6 Å². The Hall–Kier alpha value is -2.07.